The minimum absolute atomic E-state index is 0.0563. The summed E-state index contributed by atoms with van der Waals surface area (Å²) in [5.41, 5.74) is 0. The zero-order valence-corrected chi connectivity index (χ0v) is 14.5. The largest absolute Gasteiger partial charge is 0.497 e. The van der Waals surface area contributed by atoms with Crippen LogP contribution in [0.4, 0.5) is 0 Å². The average Bonchev–Trinajstić information content (AvgIpc) is 3.42. The van der Waals surface area contributed by atoms with E-state index in [4.69, 9.17) is 14.2 Å². The van der Waals surface area contributed by atoms with Crippen LogP contribution < -0.4 is 9.47 Å². The lowest BCUT2D eigenvalue weighted by molar-refractivity contribution is -0.149. The number of hydrogen-bond acceptors (Lipinski definition) is 5. The van der Waals surface area contributed by atoms with E-state index >= 15 is 0 Å². The van der Waals surface area contributed by atoms with Crippen LogP contribution in [0.3, 0.4) is 0 Å². The van der Waals surface area contributed by atoms with Gasteiger partial charge in [0, 0.05) is 18.7 Å². The fraction of sp³-hybridized carbons (Fsp3) is 0.556. The maximum absolute atomic E-state index is 12.5. The van der Waals surface area contributed by atoms with Crippen LogP contribution in [0.15, 0.2) is 24.3 Å². The molecule has 0 saturated heterocycles. The summed E-state index contributed by atoms with van der Waals surface area (Å²) >= 11 is 0. The number of methoxy groups -OCH3 is 1. The summed E-state index contributed by atoms with van der Waals surface area (Å²) < 4.78 is 15.7. The number of benzene rings is 1. The summed E-state index contributed by atoms with van der Waals surface area (Å²) in [6.07, 6.45) is 1.95. The predicted molar refractivity (Wildman–Crippen MR) is 89.0 cm³/mol. The highest BCUT2D eigenvalue weighted by atomic mass is 16.5. The van der Waals surface area contributed by atoms with Crippen molar-refractivity contribution in [3.05, 3.63) is 24.3 Å². The molecule has 0 N–H and O–H groups in total. The van der Waals surface area contributed by atoms with Gasteiger partial charge >= 0.3 is 5.97 Å². The van der Waals surface area contributed by atoms with Gasteiger partial charge < -0.3 is 19.1 Å². The molecule has 0 radical (unpaired) electrons. The Morgan fingerprint density at radius 1 is 1.29 bits per heavy atom. The van der Waals surface area contributed by atoms with Gasteiger partial charge in [-0.25, -0.2) is 0 Å². The van der Waals surface area contributed by atoms with Crippen LogP contribution in [-0.2, 0) is 14.3 Å². The van der Waals surface area contributed by atoms with Crippen molar-refractivity contribution in [3.8, 4) is 11.5 Å². The van der Waals surface area contributed by atoms with E-state index in [1.807, 2.05) is 6.07 Å². The molecule has 0 aromatic heterocycles. The van der Waals surface area contributed by atoms with Gasteiger partial charge in [0.1, 0.15) is 11.5 Å². The maximum Gasteiger partial charge on any atom is 0.310 e. The monoisotopic (exact) mass is 335 g/mol. The van der Waals surface area contributed by atoms with E-state index in [-0.39, 0.29) is 30.4 Å². The zero-order valence-electron chi connectivity index (χ0n) is 14.5. The van der Waals surface area contributed by atoms with Gasteiger partial charge in [-0.3, -0.25) is 9.59 Å². The van der Waals surface area contributed by atoms with Crippen LogP contribution in [0.5, 0.6) is 11.5 Å². The van der Waals surface area contributed by atoms with E-state index in [9.17, 15) is 9.59 Å². The van der Waals surface area contributed by atoms with Crippen molar-refractivity contribution in [2.45, 2.75) is 32.7 Å². The molecule has 0 heterocycles. The fourth-order valence-electron chi connectivity index (χ4n) is 2.41. The van der Waals surface area contributed by atoms with E-state index < -0.39 is 0 Å². The first-order valence-electron chi connectivity index (χ1n) is 8.28. The highest BCUT2D eigenvalue weighted by Gasteiger charge is 2.34. The normalized spacial score (nSPS) is 14.6. The van der Waals surface area contributed by atoms with Gasteiger partial charge in [0.25, 0.3) is 5.91 Å². The lowest BCUT2D eigenvalue weighted by Crippen LogP contribution is -2.41. The van der Waals surface area contributed by atoms with Crippen LogP contribution in [0.2, 0.25) is 0 Å². The second-order valence-corrected chi connectivity index (χ2v) is 5.90. The SMILES string of the molecule is CCOC(=O)C(C)CN(C(=O)COc1cccc(OC)c1)C1CC1. The lowest BCUT2D eigenvalue weighted by atomic mass is 10.1. The van der Waals surface area contributed by atoms with E-state index in [0.29, 0.717) is 24.7 Å². The lowest BCUT2D eigenvalue weighted by Gasteiger charge is -2.25. The van der Waals surface area contributed by atoms with Crippen molar-refractivity contribution in [2.75, 3.05) is 26.9 Å². The molecule has 1 atom stereocenters. The summed E-state index contributed by atoms with van der Waals surface area (Å²) in [6.45, 7) is 4.21. The number of carbonyl (C=O) groups excluding carboxylic acids is 2. The minimum Gasteiger partial charge on any atom is -0.497 e. The number of amides is 1. The molecule has 1 aromatic carbocycles. The van der Waals surface area contributed by atoms with Gasteiger partial charge in [0.15, 0.2) is 6.61 Å². The number of carbonyl (C=O) groups is 2. The molecule has 0 spiro atoms. The first-order valence-corrected chi connectivity index (χ1v) is 8.28. The molecule has 2 rings (SSSR count). The highest BCUT2D eigenvalue weighted by Crippen LogP contribution is 2.28. The topological polar surface area (TPSA) is 65.1 Å². The Labute approximate surface area is 142 Å². The Morgan fingerprint density at radius 2 is 2.00 bits per heavy atom. The standard InChI is InChI=1S/C18H25NO5/c1-4-23-18(21)13(2)11-19(14-8-9-14)17(20)12-24-16-7-5-6-15(10-16)22-3/h5-7,10,13-14H,4,8-9,11-12H2,1-3H3. The molecule has 1 fully saturated rings. The van der Waals surface area contributed by atoms with Gasteiger partial charge in [-0.05, 0) is 31.9 Å². The van der Waals surface area contributed by atoms with E-state index in [1.165, 1.54) is 0 Å². The van der Waals surface area contributed by atoms with Crippen LogP contribution in [0.1, 0.15) is 26.7 Å². The molecule has 6 heteroatoms. The summed E-state index contributed by atoms with van der Waals surface area (Å²) in [4.78, 5) is 26.0. The third-order valence-corrected chi connectivity index (χ3v) is 3.87. The summed E-state index contributed by atoms with van der Waals surface area (Å²) in [5, 5.41) is 0. The molecular weight excluding hydrogens is 310 g/mol. The van der Waals surface area contributed by atoms with Crippen LogP contribution >= 0.6 is 0 Å². The molecule has 1 unspecified atom stereocenters. The average molecular weight is 335 g/mol. The maximum atomic E-state index is 12.5. The van der Waals surface area contributed by atoms with E-state index in [0.717, 1.165) is 12.8 Å². The molecule has 0 bridgehead atoms. The van der Waals surface area contributed by atoms with Crippen LogP contribution in [0, 0.1) is 5.92 Å². The first kappa shape index (κ1) is 18.1. The number of ether oxygens (including phenoxy) is 3. The second kappa shape index (κ2) is 8.57. The van der Waals surface area contributed by atoms with Crippen LogP contribution in [0.25, 0.3) is 0 Å². The summed E-state index contributed by atoms with van der Waals surface area (Å²) in [7, 11) is 1.58. The van der Waals surface area contributed by atoms with Crippen LogP contribution in [-0.4, -0.2) is 49.7 Å². The minimum atomic E-state index is -0.341. The number of hydrogen-bond donors (Lipinski definition) is 0. The van der Waals surface area contributed by atoms with Crippen molar-refractivity contribution in [1.82, 2.24) is 4.90 Å². The number of nitrogens with zero attached hydrogens (tertiary/aromatic N) is 1. The Balaban J connectivity index is 1.90. The second-order valence-electron chi connectivity index (χ2n) is 5.90. The quantitative estimate of drug-likeness (QED) is 0.648. The summed E-state index contributed by atoms with van der Waals surface area (Å²) in [6, 6.07) is 7.34. The molecule has 0 aliphatic heterocycles. The zero-order chi connectivity index (χ0) is 17.5. The van der Waals surface area contributed by atoms with Crippen molar-refractivity contribution >= 4 is 11.9 Å². The molecular formula is C18H25NO5. The van der Waals surface area contributed by atoms with Gasteiger partial charge in [-0.15, -0.1) is 0 Å². The van der Waals surface area contributed by atoms with E-state index in [2.05, 4.69) is 0 Å². The number of esters is 1. The first-order chi connectivity index (χ1) is 11.5. The van der Waals surface area contributed by atoms with Gasteiger partial charge in [0.05, 0.1) is 19.6 Å². The molecule has 132 valence electrons. The molecule has 1 saturated carbocycles. The van der Waals surface area contributed by atoms with Gasteiger partial charge in [0.2, 0.25) is 0 Å². The Kier molecular flexibility index (Phi) is 6.46. The Morgan fingerprint density at radius 3 is 2.62 bits per heavy atom. The highest BCUT2D eigenvalue weighted by molar-refractivity contribution is 5.79. The third kappa shape index (κ3) is 5.15. The molecule has 1 aliphatic carbocycles. The molecule has 24 heavy (non-hydrogen) atoms. The smallest absolute Gasteiger partial charge is 0.310 e. The predicted octanol–water partition coefficient (Wildman–Crippen LogP) is 2.26. The molecule has 1 aromatic rings. The van der Waals surface area contributed by atoms with Crippen molar-refractivity contribution in [2.24, 2.45) is 5.92 Å². The number of rotatable bonds is 9. The molecule has 6 nitrogen and oxygen atoms in total. The Bertz CT molecular complexity index is 570. The van der Waals surface area contributed by atoms with Crippen molar-refractivity contribution < 1.29 is 23.8 Å². The fourth-order valence-corrected chi connectivity index (χ4v) is 2.41. The molecule has 1 aliphatic rings. The van der Waals surface area contributed by atoms with Crippen molar-refractivity contribution in [3.63, 3.8) is 0 Å². The van der Waals surface area contributed by atoms with Gasteiger partial charge in [-0.1, -0.05) is 13.0 Å². The molecule has 1 amide bonds. The third-order valence-electron chi connectivity index (χ3n) is 3.87. The Hall–Kier alpha value is -2.24. The van der Waals surface area contributed by atoms with Gasteiger partial charge in [-0.2, -0.15) is 0 Å². The van der Waals surface area contributed by atoms with E-state index in [1.54, 1.807) is 44.1 Å². The summed E-state index contributed by atoms with van der Waals surface area (Å²) in [5.74, 6) is 0.527. The van der Waals surface area contributed by atoms with Crippen molar-refractivity contribution in [1.29, 1.82) is 0 Å².